The first kappa shape index (κ1) is 18.1. The van der Waals surface area contributed by atoms with Crippen LogP contribution in [0.3, 0.4) is 0 Å². The molecule has 0 bridgehead atoms. The van der Waals surface area contributed by atoms with Gasteiger partial charge in [0.15, 0.2) is 17.7 Å². The van der Waals surface area contributed by atoms with Gasteiger partial charge in [-0.1, -0.05) is 0 Å². The molecule has 0 saturated carbocycles. The van der Waals surface area contributed by atoms with Gasteiger partial charge in [-0.05, 0) is 0 Å². The minimum absolute atomic E-state index is 0.140. The first-order valence-electron chi connectivity index (χ1n) is 7.35. The van der Waals surface area contributed by atoms with Crippen molar-refractivity contribution >= 4 is 24.6 Å². The van der Waals surface area contributed by atoms with Crippen LogP contribution in [0.2, 0.25) is 0 Å². The molecule has 2 aromatic rings. The van der Waals surface area contributed by atoms with Crippen molar-refractivity contribution in [3.63, 3.8) is 0 Å². The molecular formula is C12H18N5O7P. The Morgan fingerprint density at radius 3 is 2.76 bits per heavy atom. The third-order valence-corrected chi connectivity index (χ3v) is 4.57. The van der Waals surface area contributed by atoms with E-state index in [4.69, 9.17) is 25.0 Å². The van der Waals surface area contributed by atoms with Crippen LogP contribution in [0.5, 0.6) is 0 Å². The van der Waals surface area contributed by atoms with Crippen molar-refractivity contribution in [3.05, 3.63) is 12.7 Å². The Balaban J connectivity index is 1.69. The number of anilines is 1. The van der Waals surface area contributed by atoms with Gasteiger partial charge in [-0.3, -0.25) is 9.13 Å². The number of nitrogens with zero attached hydrogens (tertiary/aromatic N) is 4. The second kappa shape index (κ2) is 6.92. The number of nitrogen functional groups attached to an aromatic ring is 1. The van der Waals surface area contributed by atoms with Gasteiger partial charge in [0.1, 0.15) is 30.2 Å². The molecule has 0 aromatic carbocycles. The van der Waals surface area contributed by atoms with E-state index in [1.54, 1.807) is 0 Å². The molecule has 1 unspecified atom stereocenters. The van der Waals surface area contributed by atoms with Gasteiger partial charge < -0.3 is 35.2 Å². The third kappa shape index (κ3) is 3.80. The average Bonchev–Trinajstić information content (AvgIpc) is 3.08. The number of fused-ring (bicyclic) bond motifs is 1. The maximum atomic E-state index is 10.8. The number of hydrogen-bond donors (Lipinski definition) is 5. The first-order chi connectivity index (χ1) is 11.8. The smallest absolute Gasteiger partial charge is 0.327 e. The molecule has 4 atom stereocenters. The maximum absolute atomic E-state index is 10.8. The van der Waals surface area contributed by atoms with Crippen molar-refractivity contribution in [2.45, 2.75) is 24.5 Å². The second-order valence-electron chi connectivity index (χ2n) is 5.59. The molecule has 0 radical (unpaired) electrons. The Morgan fingerprint density at radius 2 is 2.04 bits per heavy atom. The summed E-state index contributed by atoms with van der Waals surface area (Å²) >= 11 is 0. The van der Waals surface area contributed by atoms with Crippen LogP contribution < -0.4 is 5.73 Å². The van der Waals surface area contributed by atoms with Gasteiger partial charge in [-0.15, -0.1) is 0 Å². The summed E-state index contributed by atoms with van der Waals surface area (Å²) in [5, 5.41) is 20.3. The average molecular weight is 375 g/mol. The topological polar surface area (TPSA) is 186 Å². The van der Waals surface area contributed by atoms with Crippen LogP contribution in [-0.4, -0.2) is 77.2 Å². The zero-order valence-corrected chi connectivity index (χ0v) is 13.8. The van der Waals surface area contributed by atoms with Gasteiger partial charge in [-0.25, -0.2) is 15.0 Å². The van der Waals surface area contributed by atoms with Gasteiger partial charge in [0, 0.05) is 0 Å². The summed E-state index contributed by atoms with van der Waals surface area (Å²) in [5.74, 6) is 0.175. The van der Waals surface area contributed by atoms with E-state index in [2.05, 4.69) is 15.0 Å². The summed E-state index contributed by atoms with van der Waals surface area (Å²) in [7, 11) is -4.15. The number of ether oxygens (including phenoxy) is 2. The Morgan fingerprint density at radius 1 is 1.28 bits per heavy atom. The van der Waals surface area contributed by atoms with Crippen molar-refractivity contribution in [1.82, 2.24) is 19.5 Å². The SMILES string of the molecule is Nc1ncnc2c1ncn2[C@@H]1OC(COCCP(=O)(O)O)[C@@H](O)[C@H]1O. The summed E-state index contributed by atoms with van der Waals surface area (Å²) in [6.45, 7) is -0.339. The third-order valence-electron chi connectivity index (χ3n) is 3.81. The summed E-state index contributed by atoms with van der Waals surface area (Å²) < 4.78 is 22.9. The molecule has 2 aromatic heterocycles. The zero-order chi connectivity index (χ0) is 18.2. The Kier molecular flexibility index (Phi) is 5.02. The van der Waals surface area contributed by atoms with Crippen molar-refractivity contribution in [1.29, 1.82) is 0 Å². The predicted molar refractivity (Wildman–Crippen MR) is 83.4 cm³/mol. The van der Waals surface area contributed by atoms with Crippen LogP contribution in [0.4, 0.5) is 5.82 Å². The van der Waals surface area contributed by atoms with Crippen molar-refractivity contribution < 1.29 is 34.0 Å². The van der Waals surface area contributed by atoms with Crippen molar-refractivity contribution in [3.8, 4) is 0 Å². The standard InChI is InChI=1S/C12H18N5O7P/c13-10-7-11(15-4-14-10)17(5-16-7)12-9(19)8(18)6(24-12)3-23-1-2-25(20,21)22/h4-6,8-9,12,18-19H,1-3H2,(H2,13,14,15)(H2,20,21,22)/t6?,8-,9-,12-/m1/s1. The van der Waals surface area contributed by atoms with E-state index in [1.165, 1.54) is 17.2 Å². The molecule has 6 N–H and O–H groups in total. The number of rotatable bonds is 6. The molecule has 12 nitrogen and oxygen atoms in total. The molecule has 25 heavy (non-hydrogen) atoms. The van der Waals surface area contributed by atoms with Gasteiger partial charge in [0.25, 0.3) is 0 Å². The van der Waals surface area contributed by atoms with Crippen LogP contribution in [0.15, 0.2) is 12.7 Å². The molecule has 1 saturated heterocycles. The fourth-order valence-electron chi connectivity index (χ4n) is 2.54. The first-order valence-corrected chi connectivity index (χ1v) is 9.14. The molecular weight excluding hydrogens is 357 g/mol. The molecule has 1 aliphatic rings. The number of aromatic nitrogens is 4. The zero-order valence-electron chi connectivity index (χ0n) is 12.9. The van der Waals surface area contributed by atoms with E-state index in [1.807, 2.05) is 0 Å². The normalized spacial score (nSPS) is 27.2. The van der Waals surface area contributed by atoms with Crippen LogP contribution in [0.1, 0.15) is 6.23 Å². The molecule has 3 rings (SSSR count). The largest absolute Gasteiger partial charge is 0.387 e. The summed E-state index contributed by atoms with van der Waals surface area (Å²) in [4.78, 5) is 29.5. The minimum atomic E-state index is -4.15. The lowest BCUT2D eigenvalue weighted by molar-refractivity contribution is -0.0638. The van der Waals surface area contributed by atoms with E-state index in [9.17, 15) is 14.8 Å². The number of aliphatic hydroxyl groups is 2. The van der Waals surface area contributed by atoms with Crippen molar-refractivity contribution in [2.24, 2.45) is 0 Å². The number of hydrogen-bond acceptors (Lipinski definition) is 9. The lowest BCUT2D eigenvalue weighted by Crippen LogP contribution is -2.34. The molecule has 1 fully saturated rings. The Labute approximate surface area is 141 Å². The molecule has 138 valence electrons. The summed E-state index contributed by atoms with van der Waals surface area (Å²) in [6, 6.07) is 0. The fraction of sp³-hybridized carbons (Fsp3) is 0.583. The van der Waals surface area contributed by atoms with Gasteiger partial charge in [-0.2, -0.15) is 0 Å². The van der Waals surface area contributed by atoms with Crippen LogP contribution >= 0.6 is 7.60 Å². The fourth-order valence-corrected chi connectivity index (χ4v) is 2.90. The lowest BCUT2D eigenvalue weighted by atomic mass is 10.1. The summed E-state index contributed by atoms with van der Waals surface area (Å²) in [6.07, 6.45) is -2.20. The summed E-state index contributed by atoms with van der Waals surface area (Å²) in [5.41, 5.74) is 6.39. The van der Waals surface area contributed by atoms with E-state index in [0.29, 0.717) is 11.2 Å². The van der Waals surface area contributed by atoms with Gasteiger partial charge >= 0.3 is 7.60 Å². The van der Waals surface area contributed by atoms with E-state index in [0.717, 1.165) is 0 Å². The number of nitrogens with two attached hydrogens (primary N) is 1. The monoisotopic (exact) mass is 375 g/mol. The lowest BCUT2D eigenvalue weighted by Gasteiger charge is -2.16. The van der Waals surface area contributed by atoms with Gasteiger partial charge in [0.2, 0.25) is 0 Å². The van der Waals surface area contributed by atoms with E-state index in [-0.39, 0.29) is 19.0 Å². The predicted octanol–water partition coefficient (Wildman–Crippen LogP) is -1.78. The highest BCUT2D eigenvalue weighted by molar-refractivity contribution is 7.51. The molecule has 0 amide bonds. The van der Waals surface area contributed by atoms with Crippen LogP contribution in [-0.2, 0) is 14.0 Å². The highest BCUT2D eigenvalue weighted by Crippen LogP contribution is 2.34. The molecule has 0 aliphatic carbocycles. The van der Waals surface area contributed by atoms with E-state index < -0.39 is 38.3 Å². The highest BCUT2D eigenvalue weighted by Gasteiger charge is 2.44. The van der Waals surface area contributed by atoms with Crippen molar-refractivity contribution in [2.75, 3.05) is 25.1 Å². The Hall–Kier alpha value is -1.66. The minimum Gasteiger partial charge on any atom is -0.387 e. The maximum Gasteiger partial charge on any atom is 0.327 e. The van der Waals surface area contributed by atoms with Crippen LogP contribution in [0.25, 0.3) is 11.2 Å². The molecule has 3 heterocycles. The second-order valence-corrected chi connectivity index (χ2v) is 7.37. The molecule has 0 spiro atoms. The number of aliphatic hydroxyl groups excluding tert-OH is 2. The number of imidazole rings is 1. The molecule has 1 aliphatic heterocycles. The van der Waals surface area contributed by atoms with E-state index >= 15 is 0 Å². The van der Waals surface area contributed by atoms with Gasteiger partial charge in [0.05, 0.1) is 25.7 Å². The highest BCUT2D eigenvalue weighted by atomic mass is 31.2. The quantitative estimate of drug-likeness (QED) is 0.284. The Bertz CT molecular complexity index is 795. The molecule has 13 heteroatoms. The van der Waals surface area contributed by atoms with Crippen LogP contribution in [0, 0.1) is 0 Å².